The highest BCUT2D eigenvalue weighted by Crippen LogP contribution is 2.35. The number of hydrogen-bond acceptors (Lipinski definition) is 2. The van der Waals surface area contributed by atoms with Crippen LogP contribution in [0.2, 0.25) is 0 Å². The molecule has 0 radical (unpaired) electrons. The van der Waals surface area contributed by atoms with Crippen molar-refractivity contribution in [1.29, 1.82) is 0 Å². The van der Waals surface area contributed by atoms with E-state index < -0.39 is 0 Å². The Morgan fingerprint density at radius 1 is 1.05 bits per heavy atom. The second-order valence-electron chi connectivity index (χ2n) is 5.85. The van der Waals surface area contributed by atoms with Crippen LogP contribution in [0.1, 0.15) is 35.3 Å². The molecule has 3 rings (SSSR count). The van der Waals surface area contributed by atoms with Gasteiger partial charge in [-0.2, -0.15) is 0 Å². The molecule has 0 atom stereocenters. The van der Waals surface area contributed by atoms with Gasteiger partial charge in [0.1, 0.15) is 11.4 Å². The lowest BCUT2D eigenvalue weighted by Gasteiger charge is -2.16. The van der Waals surface area contributed by atoms with Gasteiger partial charge in [-0.05, 0) is 55.8 Å². The molecule has 108 valence electrons. The van der Waals surface area contributed by atoms with Crippen LogP contribution < -0.4 is 4.74 Å². The molecule has 0 amide bonds. The highest BCUT2D eigenvalue weighted by Gasteiger charge is 2.30. The van der Waals surface area contributed by atoms with Crippen molar-refractivity contribution in [2.24, 2.45) is 0 Å². The summed E-state index contributed by atoms with van der Waals surface area (Å²) in [6.07, 6.45) is 0.825. The molecule has 2 nitrogen and oxygen atoms in total. The molecule has 0 spiro atoms. The second-order valence-corrected chi connectivity index (χ2v) is 7.68. The number of halogens is 2. The van der Waals surface area contributed by atoms with Crippen LogP contribution in [-0.2, 0) is 6.42 Å². The Morgan fingerprint density at radius 2 is 1.71 bits per heavy atom. The van der Waals surface area contributed by atoms with Crippen molar-refractivity contribution in [3.63, 3.8) is 0 Å². The van der Waals surface area contributed by atoms with Crippen LogP contribution in [0.5, 0.6) is 5.75 Å². The van der Waals surface area contributed by atoms with Gasteiger partial charge in [0.05, 0.1) is 0 Å². The minimum Gasteiger partial charge on any atom is -0.487 e. The molecule has 0 aliphatic carbocycles. The molecule has 2 aromatic carbocycles. The number of carbonyl (C=O) groups excluding carboxylic acids is 1. The normalized spacial score (nSPS) is 15.4. The summed E-state index contributed by atoms with van der Waals surface area (Å²) >= 11 is 6.83. The first-order valence-electron chi connectivity index (χ1n) is 6.67. The largest absolute Gasteiger partial charge is 0.487 e. The standard InChI is InChI=1S/C17H14Br2O2/c1-17(2)9-12-5-10(3-4-15(12)21-17)16(20)11-6-13(18)8-14(19)7-11/h3-8H,9H2,1-2H3. The highest BCUT2D eigenvalue weighted by molar-refractivity contribution is 9.11. The van der Waals surface area contributed by atoms with Crippen molar-refractivity contribution < 1.29 is 9.53 Å². The fourth-order valence-corrected chi connectivity index (χ4v) is 3.90. The Balaban J connectivity index is 1.97. The lowest BCUT2D eigenvalue weighted by molar-refractivity contribution is 0.103. The van der Waals surface area contributed by atoms with Gasteiger partial charge in [0.15, 0.2) is 5.78 Å². The maximum atomic E-state index is 12.6. The van der Waals surface area contributed by atoms with Crippen LogP contribution in [-0.4, -0.2) is 11.4 Å². The zero-order valence-electron chi connectivity index (χ0n) is 11.7. The van der Waals surface area contributed by atoms with E-state index in [1.807, 2.05) is 36.4 Å². The quantitative estimate of drug-likeness (QED) is 0.640. The van der Waals surface area contributed by atoms with Gasteiger partial charge in [-0.25, -0.2) is 0 Å². The average Bonchev–Trinajstić information content (AvgIpc) is 2.69. The molecule has 0 saturated heterocycles. The van der Waals surface area contributed by atoms with Gasteiger partial charge in [-0.15, -0.1) is 0 Å². The highest BCUT2D eigenvalue weighted by atomic mass is 79.9. The topological polar surface area (TPSA) is 26.3 Å². The van der Waals surface area contributed by atoms with Crippen LogP contribution in [0, 0.1) is 0 Å². The fourth-order valence-electron chi connectivity index (χ4n) is 2.60. The maximum Gasteiger partial charge on any atom is 0.193 e. The average molecular weight is 410 g/mol. The number of ether oxygens (including phenoxy) is 1. The minimum atomic E-state index is -0.192. The molecular formula is C17H14Br2O2. The summed E-state index contributed by atoms with van der Waals surface area (Å²) in [5.74, 6) is 0.900. The zero-order chi connectivity index (χ0) is 15.2. The molecule has 1 aliphatic rings. The molecule has 0 N–H and O–H groups in total. The van der Waals surface area contributed by atoms with Crippen molar-refractivity contribution in [3.8, 4) is 5.75 Å². The van der Waals surface area contributed by atoms with E-state index in [0.29, 0.717) is 11.1 Å². The van der Waals surface area contributed by atoms with E-state index in [2.05, 4.69) is 45.7 Å². The summed E-state index contributed by atoms with van der Waals surface area (Å²) in [5, 5.41) is 0. The van der Waals surface area contributed by atoms with Gasteiger partial charge >= 0.3 is 0 Å². The predicted molar refractivity (Wildman–Crippen MR) is 90.1 cm³/mol. The van der Waals surface area contributed by atoms with E-state index >= 15 is 0 Å². The Kier molecular flexibility index (Phi) is 3.70. The van der Waals surface area contributed by atoms with Gasteiger partial charge in [0.25, 0.3) is 0 Å². The smallest absolute Gasteiger partial charge is 0.193 e. The van der Waals surface area contributed by atoms with Crippen molar-refractivity contribution in [2.45, 2.75) is 25.9 Å². The minimum absolute atomic E-state index is 0.0181. The molecule has 0 fully saturated rings. The maximum absolute atomic E-state index is 12.6. The van der Waals surface area contributed by atoms with Crippen molar-refractivity contribution in [1.82, 2.24) is 0 Å². The summed E-state index contributed by atoms with van der Waals surface area (Å²) in [4.78, 5) is 12.6. The Labute approximate surface area is 140 Å². The summed E-state index contributed by atoms with van der Waals surface area (Å²) in [7, 11) is 0. The number of ketones is 1. The summed E-state index contributed by atoms with van der Waals surface area (Å²) in [6.45, 7) is 4.11. The first-order chi connectivity index (χ1) is 9.84. The third-order valence-corrected chi connectivity index (χ3v) is 4.37. The van der Waals surface area contributed by atoms with E-state index in [4.69, 9.17) is 4.74 Å². The van der Waals surface area contributed by atoms with E-state index in [0.717, 1.165) is 26.7 Å². The Hall–Kier alpha value is -1.13. The lowest BCUT2D eigenvalue weighted by atomic mass is 9.97. The van der Waals surface area contributed by atoms with E-state index in [-0.39, 0.29) is 11.4 Å². The fraction of sp³-hybridized carbons (Fsp3) is 0.235. The van der Waals surface area contributed by atoms with Gasteiger partial charge in [0, 0.05) is 26.5 Å². The third kappa shape index (κ3) is 3.06. The van der Waals surface area contributed by atoms with Crippen LogP contribution in [0.3, 0.4) is 0 Å². The van der Waals surface area contributed by atoms with Gasteiger partial charge < -0.3 is 4.74 Å². The van der Waals surface area contributed by atoms with E-state index in [1.54, 1.807) is 0 Å². The van der Waals surface area contributed by atoms with Crippen LogP contribution in [0.4, 0.5) is 0 Å². The number of rotatable bonds is 2. The first-order valence-corrected chi connectivity index (χ1v) is 8.25. The van der Waals surface area contributed by atoms with Crippen molar-refractivity contribution >= 4 is 37.6 Å². The lowest BCUT2D eigenvalue weighted by Crippen LogP contribution is -2.24. The van der Waals surface area contributed by atoms with Crippen LogP contribution in [0.15, 0.2) is 45.3 Å². The third-order valence-electron chi connectivity index (χ3n) is 3.45. The van der Waals surface area contributed by atoms with Crippen LogP contribution in [0.25, 0.3) is 0 Å². The monoisotopic (exact) mass is 408 g/mol. The SMILES string of the molecule is CC1(C)Cc2cc(C(=O)c3cc(Br)cc(Br)c3)ccc2O1. The predicted octanol–water partition coefficient (Wildman–Crippen LogP) is 5.16. The molecule has 0 saturated carbocycles. The molecule has 0 bridgehead atoms. The molecule has 0 aromatic heterocycles. The zero-order valence-corrected chi connectivity index (χ0v) is 14.9. The molecule has 21 heavy (non-hydrogen) atoms. The first kappa shape index (κ1) is 14.8. The number of fused-ring (bicyclic) bond motifs is 1. The van der Waals surface area contributed by atoms with Crippen LogP contribution >= 0.6 is 31.9 Å². The summed E-state index contributed by atoms with van der Waals surface area (Å²) in [6, 6.07) is 11.3. The summed E-state index contributed by atoms with van der Waals surface area (Å²) < 4.78 is 7.61. The van der Waals surface area contributed by atoms with E-state index in [9.17, 15) is 4.79 Å². The van der Waals surface area contributed by atoms with Gasteiger partial charge in [-0.3, -0.25) is 4.79 Å². The number of carbonyl (C=O) groups is 1. The second kappa shape index (κ2) is 5.25. The summed E-state index contributed by atoms with van der Waals surface area (Å²) in [5.41, 5.74) is 2.26. The molecular weight excluding hydrogens is 396 g/mol. The molecule has 0 unspecified atom stereocenters. The Bertz CT molecular complexity index is 715. The molecule has 2 aromatic rings. The molecule has 1 aliphatic heterocycles. The molecule has 4 heteroatoms. The van der Waals surface area contributed by atoms with Gasteiger partial charge in [0.2, 0.25) is 0 Å². The number of benzene rings is 2. The molecule has 1 heterocycles. The van der Waals surface area contributed by atoms with Gasteiger partial charge in [-0.1, -0.05) is 31.9 Å². The van der Waals surface area contributed by atoms with Crippen molar-refractivity contribution in [2.75, 3.05) is 0 Å². The Morgan fingerprint density at radius 3 is 2.38 bits per heavy atom. The van der Waals surface area contributed by atoms with Crippen molar-refractivity contribution in [3.05, 3.63) is 62.0 Å². The van der Waals surface area contributed by atoms with E-state index in [1.165, 1.54) is 0 Å². The number of hydrogen-bond donors (Lipinski definition) is 0.